The van der Waals surface area contributed by atoms with Crippen LogP contribution in [0.4, 0.5) is 5.69 Å². The summed E-state index contributed by atoms with van der Waals surface area (Å²) in [6.45, 7) is 2.47. The van der Waals surface area contributed by atoms with Gasteiger partial charge in [0.05, 0.1) is 18.4 Å². The molecule has 0 amide bonds. The summed E-state index contributed by atoms with van der Waals surface area (Å²) in [6.07, 6.45) is 3.39. The van der Waals surface area contributed by atoms with Crippen molar-refractivity contribution in [2.24, 2.45) is 0 Å². The molecule has 0 aliphatic heterocycles. The van der Waals surface area contributed by atoms with Crippen LogP contribution in [-0.2, 0) is 6.54 Å². The third-order valence-corrected chi connectivity index (χ3v) is 3.02. The van der Waals surface area contributed by atoms with Gasteiger partial charge in [-0.2, -0.15) is 14.7 Å². The second kappa shape index (κ2) is 3.27. The van der Waals surface area contributed by atoms with Crippen LogP contribution < -0.4 is 5.73 Å². The number of aryl methyl sites for hydroxylation is 1. The molecule has 0 spiro atoms. The normalized spacial score (nSPS) is 11.3. The predicted octanol–water partition coefficient (Wildman–Crippen LogP) is 0.321. The highest BCUT2D eigenvalue weighted by atomic mass is 32.1. The summed E-state index contributed by atoms with van der Waals surface area (Å²) < 4.78 is 3.48. The number of nitrogens with zero attached hydrogens (tertiary/aromatic N) is 6. The summed E-state index contributed by atoms with van der Waals surface area (Å²) in [4.78, 5) is 0.799. The maximum atomic E-state index is 5.58. The minimum absolute atomic E-state index is 0.602. The van der Waals surface area contributed by atoms with Crippen molar-refractivity contribution in [3.8, 4) is 0 Å². The van der Waals surface area contributed by atoms with E-state index in [2.05, 4.69) is 20.4 Å². The van der Waals surface area contributed by atoms with Crippen molar-refractivity contribution in [1.29, 1.82) is 0 Å². The molecule has 0 atom stereocenters. The first-order valence-corrected chi connectivity index (χ1v) is 5.49. The highest BCUT2D eigenvalue weighted by Gasteiger charge is 2.09. The molecular formula is C8H9N7S. The van der Waals surface area contributed by atoms with Gasteiger partial charge in [-0.15, -0.1) is 10.2 Å². The van der Waals surface area contributed by atoms with Gasteiger partial charge in [-0.05, 0) is 6.92 Å². The molecule has 0 aliphatic rings. The average Bonchev–Trinajstić information content (AvgIpc) is 2.88. The van der Waals surface area contributed by atoms with Crippen LogP contribution in [0, 0.1) is 6.92 Å². The molecule has 0 bridgehead atoms. The maximum absolute atomic E-state index is 5.58. The average molecular weight is 235 g/mol. The van der Waals surface area contributed by atoms with E-state index >= 15 is 0 Å². The number of nitrogen functional groups attached to an aromatic ring is 1. The minimum atomic E-state index is 0.602. The molecule has 3 heterocycles. The molecule has 3 aromatic heterocycles. The van der Waals surface area contributed by atoms with E-state index in [1.165, 1.54) is 11.3 Å². The molecule has 0 aromatic carbocycles. The van der Waals surface area contributed by atoms with E-state index in [9.17, 15) is 0 Å². The number of rotatable bonds is 2. The summed E-state index contributed by atoms with van der Waals surface area (Å²) in [5.74, 6) is 0.789. The topological polar surface area (TPSA) is 86.9 Å². The summed E-state index contributed by atoms with van der Waals surface area (Å²) >= 11 is 1.50. The van der Waals surface area contributed by atoms with Crippen LogP contribution in [0.2, 0.25) is 0 Å². The third-order valence-electron chi connectivity index (χ3n) is 2.14. The van der Waals surface area contributed by atoms with Gasteiger partial charge in [0.15, 0.2) is 5.82 Å². The summed E-state index contributed by atoms with van der Waals surface area (Å²) in [7, 11) is 0. The molecule has 0 unspecified atom stereocenters. The number of hydrogen-bond acceptors (Lipinski definition) is 6. The second-order valence-corrected chi connectivity index (χ2v) is 4.45. The molecule has 16 heavy (non-hydrogen) atoms. The largest absolute Gasteiger partial charge is 0.396 e. The zero-order chi connectivity index (χ0) is 11.1. The molecule has 0 saturated carbocycles. The fraction of sp³-hybridized carbons (Fsp3) is 0.250. The van der Waals surface area contributed by atoms with Crippen LogP contribution in [0.25, 0.3) is 4.96 Å². The molecule has 0 saturated heterocycles. The molecule has 82 valence electrons. The van der Waals surface area contributed by atoms with Crippen molar-refractivity contribution < 1.29 is 0 Å². The molecule has 0 fully saturated rings. The first-order chi connectivity index (χ1) is 7.72. The van der Waals surface area contributed by atoms with Crippen LogP contribution in [0.15, 0.2) is 12.4 Å². The molecule has 3 rings (SSSR count). The summed E-state index contributed by atoms with van der Waals surface area (Å²) in [5.41, 5.74) is 6.24. The summed E-state index contributed by atoms with van der Waals surface area (Å²) in [6, 6.07) is 0. The van der Waals surface area contributed by atoms with Gasteiger partial charge in [-0.25, -0.2) is 0 Å². The summed E-state index contributed by atoms with van der Waals surface area (Å²) in [5, 5.41) is 17.3. The maximum Gasteiger partial charge on any atom is 0.234 e. The Morgan fingerprint density at radius 1 is 1.44 bits per heavy atom. The van der Waals surface area contributed by atoms with E-state index in [0.717, 1.165) is 15.8 Å². The Morgan fingerprint density at radius 2 is 2.31 bits per heavy atom. The zero-order valence-corrected chi connectivity index (χ0v) is 9.35. The Balaban J connectivity index is 1.94. The zero-order valence-electron chi connectivity index (χ0n) is 8.53. The Kier molecular flexibility index (Phi) is 1.90. The lowest BCUT2D eigenvalue weighted by Crippen LogP contribution is -2.00. The Hall–Kier alpha value is -1.96. The molecule has 0 radical (unpaired) electrons. The highest BCUT2D eigenvalue weighted by Crippen LogP contribution is 2.14. The van der Waals surface area contributed by atoms with Gasteiger partial charge in [0.1, 0.15) is 5.01 Å². The van der Waals surface area contributed by atoms with Crippen molar-refractivity contribution in [2.45, 2.75) is 13.5 Å². The van der Waals surface area contributed by atoms with Gasteiger partial charge >= 0.3 is 0 Å². The molecule has 2 N–H and O–H groups in total. The smallest absolute Gasteiger partial charge is 0.234 e. The lowest BCUT2D eigenvalue weighted by atomic mass is 10.6. The van der Waals surface area contributed by atoms with Gasteiger partial charge in [-0.3, -0.25) is 4.68 Å². The number of anilines is 1. The molecule has 0 aliphatic carbocycles. The van der Waals surface area contributed by atoms with E-state index in [-0.39, 0.29) is 0 Å². The van der Waals surface area contributed by atoms with E-state index in [0.29, 0.717) is 12.2 Å². The number of fused-ring (bicyclic) bond motifs is 1. The first-order valence-electron chi connectivity index (χ1n) is 4.68. The van der Waals surface area contributed by atoms with E-state index < -0.39 is 0 Å². The van der Waals surface area contributed by atoms with E-state index in [4.69, 9.17) is 5.73 Å². The van der Waals surface area contributed by atoms with Crippen molar-refractivity contribution in [3.05, 3.63) is 23.2 Å². The Labute approximate surface area is 94.5 Å². The lowest BCUT2D eigenvalue weighted by molar-refractivity contribution is 0.671. The van der Waals surface area contributed by atoms with Gasteiger partial charge < -0.3 is 5.73 Å². The van der Waals surface area contributed by atoms with Gasteiger partial charge in [0, 0.05) is 6.20 Å². The van der Waals surface area contributed by atoms with Crippen molar-refractivity contribution in [1.82, 2.24) is 29.6 Å². The third kappa shape index (κ3) is 1.43. The fourth-order valence-corrected chi connectivity index (χ4v) is 2.29. The van der Waals surface area contributed by atoms with Crippen LogP contribution >= 0.6 is 11.3 Å². The van der Waals surface area contributed by atoms with Crippen molar-refractivity contribution in [2.75, 3.05) is 5.73 Å². The van der Waals surface area contributed by atoms with E-state index in [1.54, 1.807) is 21.6 Å². The minimum Gasteiger partial charge on any atom is -0.396 e. The fourth-order valence-electron chi connectivity index (χ4n) is 1.42. The van der Waals surface area contributed by atoms with Gasteiger partial charge in [0.2, 0.25) is 4.96 Å². The second-order valence-electron chi connectivity index (χ2n) is 3.41. The van der Waals surface area contributed by atoms with Crippen molar-refractivity contribution in [3.63, 3.8) is 0 Å². The van der Waals surface area contributed by atoms with Crippen molar-refractivity contribution >= 4 is 22.0 Å². The van der Waals surface area contributed by atoms with Crippen LogP contribution in [0.3, 0.4) is 0 Å². The molecule has 7 nitrogen and oxygen atoms in total. The number of aromatic nitrogens is 6. The van der Waals surface area contributed by atoms with Gasteiger partial charge in [-0.1, -0.05) is 11.3 Å². The highest BCUT2D eigenvalue weighted by molar-refractivity contribution is 7.16. The standard InChI is InChI=1S/C8H9N7S/c1-5-11-12-8-15(5)13-7(16-8)4-14-3-6(9)2-10-14/h2-3H,4,9H2,1H3. The molecule has 3 aromatic rings. The molecule has 8 heteroatoms. The SMILES string of the molecule is Cc1nnc2sc(Cn3cc(N)cn3)nn12. The van der Waals surface area contributed by atoms with Crippen LogP contribution in [0.5, 0.6) is 0 Å². The Bertz CT molecular complexity index is 634. The monoisotopic (exact) mass is 235 g/mol. The first kappa shape index (κ1) is 9.28. The van der Waals surface area contributed by atoms with Gasteiger partial charge in [0.25, 0.3) is 0 Å². The quantitative estimate of drug-likeness (QED) is 0.691. The van der Waals surface area contributed by atoms with Crippen LogP contribution in [0.1, 0.15) is 10.8 Å². The molecular weight excluding hydrogens is 226 g/mol. The lowest BCUT2D eigenvalue weighted by Gasteiger charge is -1.94. The predicted molar refractivity (Wildman–Crippen MR) is 59.1 cm³/mol. The Morgan fingerprint density at radius 3 is 3.00 bits per heavy atom. The van der Waals surface area contributed by atoms with E-state index in [1.807, 2.05) is 6.92 Å². The number of nitrogens with two attached hydrogens (primary N) is 1. The van der Waals surface area contributed by atoms with Crippen LogP contribution in [-0.4, -0.2) is 29.6 Å². The number of hydrogen-bond donors (Lipinski definition) is 1.